The molecule has 1 unspecified atom stereocenters. The predicted molar refractivity (Wildman–Crippen MR) is 56.7 cm³/mol. The van der Waals surface area contributed by atoms with E-state index in [0.717, 1.165) is 10.6 Å². The first kappa shape index (κ1) is 9.50. The number of nitriles is 1. The molecule has 1 aliphatic heterocycles. The molecule has 2 rings (SSSR count). The zero-order valence-electron chi connectivity index (χ0n) is 6.98. The van der Waals surface area contributed by atoms with Crippen molar-refractivity contribution in [1.29, 1.82) is 5.26 Å². The summed E-state index contributed by atoms with van der Waals surface area (Å²) < 4.78 is 0. The van der Waals surface area contributed by atoms with Gasteiger partial charge in [0, 0.05) is 5.22 Å². The van der Waals surface area contributed by atoms with Crippen molar-refractivity contribution in [3.05, 3.63) is 34.8 Å². The molecule has 0 amide bonds. The van der Waals surface area contributed by atoms with E-state index in [1.807, 2.05) is 30.5 Å². The maximum atomic E-state index is 8.84. The number of fused-ring (bicyclic) bond motifs is 1. The van der Waals surface area contributed by atoms with Crippen LogP contribution in [0.1, 0.15) is 0 Å². The smallest absolute Gasteiger partial charge is 0.192 e. The van der Waals surface area contributed by atoms with Crippen molar-refractivity contribution in [1.82, 2.24) is 4.90 Å². The van der Waals surface area contributed by atoms with Crippen LogP contribution in [0.3, 0.4) is 0 Å². The van der Waals surface area contributed by atoms with Crippen molar-refractivity contribution < 1.29 is 0 Å². The quantitative estimate of drug-likeness (QED) is 0.402. The number of rotatable bonds is 0. The van der Waals surface area contributed by atoms with E-state index < -0.39 is 5.08 Å². The molecular weight excluding hydrogens is 265 g/mol. The molecule has 1 atom stereocenters. The van der Waals surface area contributed by atoms with E-state index in [0.29, 0.717) is 5.16 Å². The molecule has 3 nitrogen and oxygen atoms in total. The van der Waals surface area contributed by atoms with Crippen molar-refractivity contribution in [2.45, 2.75) is 5.08 Å². The summed E-state index contributed by atoms with van der Waals surface area (Å²) in [7, 11) is 0. The minimum absolute atomic E-state index is 0.403. The Morgan fingerprint density at radius 2 is 2.21 bits per heavy atom. The summed E-state index contributed by atoms with van der Waals surface area (Å²) in [6, 6.07) is 7.44. The van der Waals surface area contributed by atoms with Crippen molar-refractivity contribution >= 4 is 32.7 Å². The molecule has 1 heterocycles. The second-order valence-electron chi connectivity index (χ2n) is 2.72. The monoisotopic (exact) mass is 269 g/mol. The van der Waals surface area contributed by atoms with E-state index in [-0.39, 0.29) is 0 Å². The molecule has 0 N–H and O–H groups in total. The first-order valence-corrected chi connectivity index (χ1v) is 5.19. The number of hydrogen-bond acceptors (Lipinski definition) is 3. The number of benzene rings is 1. The second kappa shape index (κ2) is 3.60. The summed E-state index contributed by atoms with van der Waals surface area (Å²) in [5.41, 5.74) is 0. The van der Waals surface area contributed by atoms with Crippen LogP contribution in [0, 0.1) is 11.5 Å². The topological polar surface area (TPSA) is 39.4 Å². The van der Waals surface area contributed by atoms with Crippen molar-refractivity contribution in [3.8, 4) is 6.19 Å². The molecular formula is C9H5BrClN3. The molecule has 0 spiro atoms. The van der Waals surface area contributed by atoms with Gasteiger partial charge in [-0.15, -0.1) is 0 Å². The lowest BCUT2D eigenvalue weighted by molar-refractivity contribution is 0.524. The minimum atomic E-state index is -0.408. The summed E-state index contributed by atoms with van der Waals surface area (Å²) in [5, 5.41) is 10.4. The van der Waals surface area contributed by atoms with E-state index >= 15 is 0 Å². The highest BCUT2D eigenvalue weighted by Crippen LogP contribution is 2.18. The highest BCUT2D eigenvalue weighted by atomic mass is 79.9. The first-order valence-electron chi connectivity index (χ1n) is 3.90. The number of hydrogen-bond donors (Lipinski definition) is 0. The van der Waals surface area contributed by atoms with Gasteiger partial charge in [0.25, 0.3) is 0 Å². The third-order valence-corrected chi connectivity index (χ3v) is 2.90. The van der Waals surface area contributed by atoms with Gasteiger partial charge in [-0.05, 0) is 28.1 Å². The Morgan fingerprint density at radius 1 is 1.50 bits per heavy atom. The Bertz CT molecular complexity index is 520. The lowest BCUT2D eigenvalue weighted by atomic mass is 10.3. The summed E-state index contributed by atoms with van der Waals surface area (Å²) in [5.74, 6) is 0. The summed E-state index contributed by atoms with van der Waals surface area (Å²) in [4.78, 5) is 5.57. The molecule has 0 aromatic heterocycles. The fraction of sp³-hybridized carbons (Fsp3) is 0.111. The molecule has 0 saturated carbocycles. The third-order valence-electron chi connectivity index (χ3n) is 1.90. The van der Waals surface area contributed by atoms with Gasteiger partial charge in [0.05, 0.1) is 5.36 Å². The van der Waals surface area contributed by atoms with Crippen molar-refractivity contribution in [2.75, 3.05) is 0 Å². The van der Waals surface area contributed by atoms with Crippen LogP contribution in [-0.2, 0) is 0 Å². The largest absolute Gasteiger partial charge is 0.248 e. The van der Waals surface area contributed by atoms with Gasteiger partial charge in [0.15, 0.2) is 11.3 Å². The van der Waals surface area contributed by atoms with Gasteiger partial charge in [-0.1, -0.05) is 23.7 Å². The number of halogens is 2. The van der Waals surface area contributed by atoms with E-state index in [4.69, 9.17) is 16.9 Å². The maximum Gasteiger partial charge on any atom is 0.192 e. The van der Waals surface area contributed by atoms with Crippen LogP contribution in [0.25, 0.3) is 5.16 Å². The third kappa shape index (κ3) is 1.39. The van der Waals surface area contributed by atoms with Crippen LogP contribution in [-0.4, -0.2) is 9.97 Å². The highest BCUT2D eigenvalue weighted by molar-refractivity contribution is 9.09. The van der Waals surface area contributed by atoms with Crippen LogP contribution >= 0.6 is 27.5 Å². The van der Waals surface area contributed by atoms with E-state index in [1.54, 1.807) is 0 Å². The number of nitrogens with zero attached hydrogens (tertiary/aromatic N) is 3. The molecule has 1 aliphatic rings. The molecule has 1 aromatic rings. The summed E-state index contributed by atoms with van der Waals surface area (Å²) >= 11 is 9.29. The summed E-state index contributed by atoms with van der Waals surface area (Å²) in [6.07, 6.45) is 1.97. The van der Waals surface area contributed by atoms with Gasteiger partial charge in [-0.25, -0.2) is 9.89 Å². The molecule has 0 saturated heterocycles. The Labute approximate surface area is 94.0 Å². The lowest BCUT2D eigenvalue weighted by Crippen LogP contribution is -2.39. The SMILES string of the molecule is N#CN1C(Cl)=c2ccccc2=NC1Br. The average Bonchev–Trinajstić information content (AvgIpc) is 2.18. The lowest BCUT2D eigenvalue weighted by Gasteiger charge is -2.20. The van der Waals surface area contributed by atoms with Gasteiger partial charge >= 0.3 is 0 Å². The fourth-order valence-electron chi connectivity index (χ4n) is 1.25. The molecule has 5 heteroatoms. The molecule has 1 aromatic carbocycles. The number of alkyl halides is 1. The Kier molecular flexibility index (Phi) is 2.44. The van der Waals surface area contributed by atoms with Crippen molar-refractivity contribution in [3.63, 3.8) is 0 Å². The molecule has 0 bridgehead atoms. The van der Waals surface area contributed by atoms with Crippen LogP contribution in [0.2, 0.25) is 0 Å². The zero-order chi connectivity index (χ0) is 10.1. The van der Waals surface area contributed by atoms with Crippen molar-refractivity contribution in [2.24, 2.45) is 4.99 Å². The average molecular weight is 271 g/mol. The Balaban J connectivity index is 2.80. The molecule has 0 fully saturated rings. The molecule has 14 heavy (non-hydrogen) atoms. The van der Waals surface area contributed by atoms with Crippen LogP contribution in [0.15, 0.2) is 29.3 Å². The normalized spacial score (nSPS) is 19.6. The van der Waals surface area contributed by atoms with Crippen LogP contribution in [0.4, 0.5) is 0 Å². The predicted octanol–water partition coefficient (Wildman–Crippen LogP) is 1.09. The first-order chi connectivity index (χ1) is 6.74. The maximum absolute atomic E-state index is 8.84. The fourth-order valence-corrected chi connectivity index (χ4v) is 2.17. The minimum Gasteiger partial charge on any atom is -0.248 e. The van der Waals surface area contributed by atoms with Gasteiger partial charge in [0.1, 0.15) is 5.16 Å². The van der Waals surface area contributed by atoms with Crippen LogP contribution in [0.5, 0.6) is 0 Å². The van der Waals surface area contributed by atoms with E-state index in [9.17, 15) is 0 Å². The van der Waals surface area contributed by atoms with Gasteiger partial charge < -0.3 is 0 Å². The summed E-state index contributed by atoms with van der Waals surface area (Å²) in [6.45, 7) is 0. The number of para-hydroxylation sites is 1. The zero-order valence-corrected chi connectivity index (χ0v) is 9.33. The Hall–Kier alpha value is -1.05. The van der Waals surface area contributed by atoms with Gasteiger partial charge in [0.2, 0.25) is 0 Å². The standard InChI is InChI=1S/C9H5BrClN3/c10-9-13-7-4-2-1-3-6(7)8(11)14(9)5-12/h1-4,9H. The molecule has 70 valence electrons. The Morgan fingerprint density at radius 3 is 2.93 bits per heavy atom. The molecule has 0 aliphatic carbocycles. The van der Waals surface area contributed by atoms with Crippen LogP contribution < -0.4 is 10.6 Å². The highest BCUT2D eigenvalue weighted by Gasteiger charge is 2.19. The van der Waals surface area contributed by atoms with E-state index in [2.05, 4.69) is 20.9 Å². The second-order valence-corrected chi connectivity index (χ2v) is 3.89. The van der Waals surface area contributed by atoms with Gasteiger partial charge in [-0.3, -0.25) is 0 Å². The van der Waals surface area contributed by atoms with E-state index in [1.165, 1.54) is 4.90 Å². The van der Waals surface area contributed by atoms with Gasteiger partial charge in [-0.2, -0.15) is 5.26 Å². The molecule has 0 radical (unpaired) electrons.